The monoisotopic (exact) mass is 209 g/mol. The van der Waals surface area contributed by atoms with Crippen molar-refractivity contribution < 1.29 is 4.79 Å². The Morgan fingerprint density at radius 2 is 2.60 bits per heavy atom. The first-order valence-electron chi connectivity index (χ1n) is 5.12. The summed E-state index contributed by atoms with van der Waals surface area (Å²) < 4.78 is 1.70. The Kier molecular flexibility index (Phi) is 2.96. The van der Waals surface area contributed by atoms with E-state index in [4.69, 9.17) is 0 Å². The van der Waals surface area contributed by atoms with Crippen molar-refractivity contribution in [3.05, 3.63) is 11.9 Å². The van der Waals surface area contributed by atoms with E-state index in [1.807, 2.05) is 7.05 Å². The lowest BCUT2D eigenvalue weighted by atomic mass is 10.1. The molecule has 2 N–H and O–H groups in total. The summed E-state index contributed by atoms with van der Waals surface area (Å²) in [5, 5.41) is 13.6. The molecule has 2 heterocycles. The molecule has 15 heavy (non-hydrogen) atoms. The molecule has 0 aliphatic carbocycles. The maximum atomic E-state index is 11.4. The zero-order chi connectivity index (χ0) is 10.7. The minimum Gasteiger partial charge on any atom is -0.355 e. The largest absolute Gasteiger partial charge is 0.355 e. The van der Waals surface area contributed by atoms with Crippen LogP contribution >= 0.6 is 0 Å². The molecule has 0 spiro atoms. The van der Waals surface area contributed by atoms with Crippen LogP contribution in [0.4, 0.5) is 0 Å². The van der Waals surface area contributed by atoms with Gasteiger partial charge in [0, 0.05) is 20.1 Å². The summed E-state index contributed by atoms with van der Waals surface area (Å²) in [5.41, 5.74) is 0.980. The van der Waals surface area contributed by atoms with Crippen LogP contribution in [0.15, 0.2) is 6.20 Å². The summed E-state index contributed by atoms with van der Waals surface area (Å²) in [4.78, 5) is 11.4. The Morgan fingerprint density at radius 3 is 3.27 bits per heavy atom. The molecule has 1 aliphatic rings. The average Bonchev–Trinajstić information content (AvgIpc) is 2.63. The van der Waals surface area contributed by atoms with Gasteiger partial charge in [-0.05, 0) is 12.8 Å². The van der Waals surface area contributed by atoms with Crippen molar-refractivity contribution in [3.63, 3.8) is 0 Å². The molecule has 0 bridgehead atoms. The third kappa shape index (κ3) is 2.33. The molecule has 82 valence electrons. The lowest BCUT2D eigenvalue weighted by Gasteiger charge is -2.22. The molecule has 2 rings (SSSR count). The van der Waals surface area contributed by atoms with Crippen LogP contribution in [0.3, 0.4) is 0 Å². The van der Waals surface area contributed by atoms with Gasteiger partial charge in [0.2, 0.25) is 5.91 Å². The van der Waals surface area contributed by atoms with Crippen molar-refractivity contribution in [2.75, 3.05) is 6.54 Å². The fraction of sp³-hybridized carbons (Fsp3) is 0.667. The fourth-order valence-corrected chi connectivity index (χ4v) is 1.67. The Morgan fingerprint density at radius 1 is 1.73 bits per heavy atom. The molecular weight excluding hydrogens is 194 g/mol. The van der Waals surface area contributed by atoms with Gasteiger partial charge in [-0.25, -0.2) is 0 Å². The molecule has 6 heteroatoms. The summed E-state index contributed by atoms with van der Waals surface area (Å²) in [6.45, 7) is 1.42. The van der Waals surface area contributed by atoms with Gasteiger partial charge in [0.15, 0.2) is 0 Å². The maximum Gasteiger partial charge on any atom is 0.237 e. The van der Waals surface area contributed by atoms with Crippen molar-refractivity contribution in [3.8, 4) is 0 Å². The molecule has 1 fully saturated rings. The molecule has 6 nitrogen and oxygen atoms in total. The van der Waals surface area contributed by atoms with Gasteiger partial charge in [-0.15, -0.1) is 5.10 Å². The molecule has 1 atom stereocenters. The number of carbonyl (C=O) groups is 1. The minimum atomic E-state index is -0.0753. The standard InChI is InChI=1S/C9H15N5O/c1-14-7(6-12-13-14)5-11-8-3-2-4-10-9(8)15/h6,8,11H,2-5H2,1H3,(H,10,15). The predicted octanol–water partition coefficient (Wildman–Crippen LogP) is -0.817. The van der Waals surface area contributed by atoms with E-state index in [1.165, 1.54) is 0 Å². The van der Waals surface area contributed by atoms with Gasteiger partial charge in [-0.3, -0.25) is 9.48 Å². The molecule has 1 aromatic heterocycles. The molecule has 1 unspecified atom stereocenters. The van der Waals surface area contributed by atoms with Crippen molar-refractivity contribution in [1.29, 1.82) is 0 Å². The number of nitrogens with zero attached hydrogens (tertiary/aromatic N) is 3. The highest BCUT2D eigenvalue weighted by atomic mass is 16.2. The van der Waals surface area contributed by atoms with Crippen LogP contribution < -0.4 is 10.6 Å². The Labute approximate surface area is 88.0 Å². The first-order valence-corrected chi connectivity index (χ1v) is 5.12. The van der Waals surface area contributed by atoms with Crippen LogP contribution in [0.1, 0.15) is 18.5 Å². The van der Waals surface area contributed by atoms with Crippen LogP contribution in [0.25, 0.3) is 0 Å². The molecule has 0 aromatic carbocycles. The summed E-state index contributed by atoms with van der Waals surface area (Å²) in [7, 11) is 1.84. The highest BCUT2D eigenvalue weighted by Crippen LogP contribution is 2.04. The van der Waals surface area contributed by atoms with E-state index in [9.17, 15) is 4.79 Å². The number of carbonyl (C=O) groups excluding carboxylic acids is 1. The Balaban J connectivity index is 1.87. The second-order valence-corrected chi connectivity index (χ2v) is 3.72. The number of aromatic nitrogens is 3. The van der Waals surface area contributed by atoms with Crippen LogP contribution in [0.5, 0.6) is 0 Å². The zero-order valence-corrected chi connectivity index (χ0v) is 8.73. The second-order valence-electron chi connectivity index (χ2n) is 3.72. The van der Waals surface area contributed by atoms with Gasteiger partial charge in [-0.2, -0.15) is 0 Å². The van der Waals surface area contributed by atoms with E-state index in [-0.39, 0.29) is 11.9 Å². The highest BCUT2D eigenvalue weighted by Gasteiger charge is 2.21. The Bertz CT molecular complexity index is 348. The van der Waals surface area contributed by atoms with Gasteiger partial charge in [0.1, 0.15) is 0 Å². The van der Waals surface area contributed by atoms with Gasteiger partial charge >= 0.3 is 0 Å². The quantitative estimate of drug-likeness (QED) is 0.682. The first-order chi connectivity index (χ1) is 7.27. The molecular formula is C9H15N5O. The molecule has 1 amide bonds. The lowest BCUT2D eigenvalue weighted by Crippen LogP contribution is -2.48. The van der Waals surface area contributed by atoms with Crippen LogP contribution in [-0.4, -0.2) is 33.5 Å². The van der Waals surface area contributed by atoms with E-state index < -0.39 is 0 Å². The van der Waals surface area contributed by atoms with Gasteiger partial charge < -0.3 is 10.6 Å². The van der Waals surface area contributed by atoms with E-state index in [1.54, 1.807) is 10.9 Å². The summed E-state index contributed by atoms with van der Waals surface area (Å²) in [5.74, 6) is 0.0939. The summed E-state index contributed by atoms with van der Waals surface area (Å²) in [6.07, 6.45) is 3.64. The van der Waals surface area contributed by atoms with Gasteiger partial charge in [0.25, 0.3) is 0 Å². The molecule has 1 aliphatic heterocycles. The third-order valence-electron chi connectivity index (χ3n) is 2.62. The SMILES string of the molecule is Cn1nncc1CNC1CCCNC1=O. The Hall–Kier alpha value is -1.43. The van der Waals surface area contributed by atoms with Crippen molar-refractivity contribution in [2.24, 2.45) is 7.05 Å². The number of rotatable bonds is 3. The fourth-order valence-electron chi connectivity index (χ4n) is 1.67. The van der Waals surface area contributed by atoms with Crippen molar-refractivity contribution >= 4 is 5.91 Å². The maximum absolute atomic E-state index is 11.4. The topological polar surface area (TPSA) is 71.8 Å². The lowest BCUT2D eigenvalue weighted by molar-refractivity contribution is -0.124. The average molecular weight is 209 g/mol. The number of nitrogens with one attached hydrogen (secondary N) is 2. The van der Waals surface area contributed by atoms with Gasteiger partial charge in [0.05, 0.1) is 17.9 Å². The van der Waals surface area contributed by atoms with Crippen LogP contribution in [0.2, 0.25) is 0 Å². The van der Waals surface area contributed by atoms with Crippen molar-refractivity contribution in [2.45, 2.75) is 25.4 Å². The molecule has 0 saturated carbocycles. The molecule has 0 radical (unpaired) electrons. The smallest absolute Gasteiger partial charge is 0.237 e. The molecule has 1 saturated heterocycles. The van der Waals surface area contributed by atoms with Crippen LogP contribution in [0, 0.1) is 0 Å². The minimum absolute atomic E-state index is 0.0753. The van der Waals surface area contributed by atoms with Gasteiger partial charge in [-0.1, -0.05) is 5.21 Å². The van der Waals surface area contributed by atoms with E-state index in [0.717, 1.165) is 25.1 Å². The second kappa shape index (κ2) is 4.39. The first kappa shape index (κ1) is 10.1. The highest BCUT2D eigenvalue weighted by molar-refractivity contribution is 5.82. The third-order valence-corrected chi connectivity index (χ3v) is 2.62. The number of hydrogen-bond acceptors (Lipinski definition) is 4. The number of aryl methyl sites for hydroxylation is 1. The van der Waals surface area contributed by atoms with E-state index >= 15 is 0 Å². The predicted molar refractivity (Wildman–Crippen MR) is 53.9 cm³/mol. The summed E-state index contributed by atoms with van der Waals surface area (Å²) in [6, 6.07) is -0.0753. The summed E-state index contributed by atoms with van der Waals surface area (Å²) >= 11 is 0. The normalized spacial score (nSPS) is 21.4. The molecule has 1 aromatic rings. The number of hydrogen-bond donors (Lipinski definition) is 2. The van der Waals surface area contributed by atoms with Crippen molar-refractivity contribution in [1.82, 2.24) is 25.6 Å². The van der Waals surface area contributed by atoms with E-state index in [0.29, 0.717) is 6.54 Å². The van der Waals surface area contributed by atoms with E-state index in [2.05, 4.69) is 20.9 Å². The number of piperidine rings is 1. The zero-order valence-electron chi connectivity index (χ0n) is 8.73. The number of amides is 1. The van der Waals surface area contributed by atoms with Crippen LogP contribution in [-0.2, 0) is 18.4 Å².